The number of thioether (sulfide) groups is 1. The van der Waals surface area contributed by atoms with Gasteiger partial charge in [-0.3, -0.25) is 9.69 Å². The molecule has 1 aliphatic rings. The molecular weight excluding hydrogens is 314 g/mol. The summed E-state index contributed by atoms with van der Waals surface area (Å²) in [7, 11) is 0. The highest BCUT2D eigenvalue weighted by Crippen LogP contribution is 2.35. The molecule has 1 atom stereocenters. The van der Waals surface area contributed by atoms with E-state index in [1.165, 1.54) is 16.2 Å². The molecular formula is C13H13NO3S3. The predicted molar refractivity (Wildman–Crippen MR) is 85.7 cm³/mol. The Hall–Kier alpha value is -1.18. The van der Waals surface area contributed by atoms with Crippen LogP contribution in [0.4, 0.5) is 0 Å². The highest BCUT2D eigenvalue weighted by atomic mass is 32.2. The van der Waals surface area contributed by atoms with Crippen molar-refractivity contribution in [3.05, 3.63) is 27.3 Å². The van der Waals surface area contributed by atoms with E-state index in [9.17, 15) is 14.7 Å². The van der Waals surface area contributed by atoms with Crippen molar-refractivity contribution in [2.45, 2.75) is 25.8 Å². The normalized spacial score (nSPS) is 18.9. The van der Waals surface area contributed by atoms with Gasteiger partial charge in [-0.2, -0.15) is 0 Å². The maximum absolute atomic E-state index is 12.4. The van der Waals surface area contributed by atoms with Gasteiger partial charge in [-0.05, 0) is 23.9 Å². The lowest BCUT2D eigenvalue weighted by Gasteiger charge is -2.22. The molecule has 2 heterocycles. The molecule has 1 saturated heterocycles. The van der Waals surface area contributed by atoms with Crippen LogP contribution in [-0.4, -0.2) is 32.2 Å². The molecule has 20 heavy (non-hydrogen) atoms. The van der Waals surface area contributed by atoms with Crippen molar-refractivity contribution in [1.29, 1.82) is 0 Å². The topological polar surface area (TPSA) is 57.6 Å². The van der Waals surface area contributed by atoms with E-state index in [4.69, 9.17) is 12.2 Å². The van der Waals surface area contributed by atoms with Crippen molar-refractivity contribution in [3.63, 3.8) is 0 Å². The molecule has 1 N–H and O–H groups in total. The van der Waals surface area contributed by atoms with Crippen molar-refractivity contribution in [1.82, 2.24) is 4.90 Å². The Bertz CT molecular complexity index is 565. The molecule has 0 aromatic carbocycles. The van der Waals surface area contributed by atoms with Gasteiger partial charge in [0.05, 0.1) is 4.91 Å². The van der Waals surface area contributed by atoms with Crippen LogP contribution in [0.3, 0.4) is 0 Å². The summed E-state index contributed by atoms with van der Waals surface area (Å²) in [6.45, 7) is 1.88. The average molecular weight is 327 g/mol. The van der Waals surface area contributed by atoms with Crippen LogP contribution in [0.5, 0.6) is 0 Å². The van der Waals surface area contributed by atoms with Crippen molar-refractivity contribution >= 4 is 57.6 Å². The highest BCUT2D eigenvalue weighted by molar-refractivity contribution is 8.26. The molecule has 1 aliphatic heterocycles. The first kappa shape index (κ1) is 15.2. The van der Waals surface area contributed by atoms with Crippen LogP contribution in [0.2, 0.25) is 0 Å². The summed E-state index contributed by atoms with van der Waals surface area (Å²) in [6, 6.07) is 2.92. The second-order valence-corrected chi connectivity index (χ2v) is 6.86. The summed E-state index contributed by atoms with van der Waals surface area (Å²) in [6.07, 6.45) is 2.83. The lowest BCUT2D eigenvalue weighted by molar-refractivity contribution is -0.145. The summed E-state index contributed by atoms with van der Waals surface area (Å²) < 4.78 is 0.318. The van der Waals surface area contributed by atoms with Crippen molar-refractivity contribution in [3.8, 4) is 0 Å². The van der Waals surface area contributed by atoms with E-state index in [2.05, 4.69) is 0 Å². The van der Waals surface area contributed by atoms with Crippen LogP contribution in [0.1, 0.15) is 24.6 Å². The Morgan fingerprint density at radius 2 is 2.35 bits per heavy atom. The van der Waals surface area contributed by atoms with Gasteiger partial charge in [0, 0.05) is 4.88 Å². The number of carbonyl (C=O) groups is 2. The lowest BCUT2D eigenvalue weighted by atomic mass is 10.1. The Balaban J connectivity index is 2.26. The molecule has 0 saturated carbocycles. The standard InChI is InChI=1S/C13H13NO3S3/c1-2-4-9(12(16)17)14-11(15)10(20-13(14)18)7-8-5-3-6-19-8/h3,5-7,9H,2,4H2,1H3,(H,16,17)/b10-7+/t9-/m1/s1. The fourth-order valence-electron chi connectivity index (χ4n) is 1.89. The van der Waals surface area contributed by atoms with E-state index >= 15 is 0 Å². The van der Waals surface area contributed by atoms with Gasteiger partial charge in [-0.1, -0.05) is 43.4 Å². The zero-order valence-electron chi connectivity index (χ0n) is 10.7. The third kappa shape index (κ3) is 3.11. The van der Waals surface area contributed by atoms with Gasteiger partial charge in [0.25, 0.3) is 5.91 Å². The number of hydrogen-bond donors (Lipinski definition) is 1. The van der Waals surface area contributed by atoms with Crippen LogP contribution < -0.4 is 0 Å². The Labute approximate surface area is 130 Å². The SMILES string of the molecule is CCC[C@H](C(=O)O)N1C(=O)/C(=C\c2cccs2)SC1=S. The molecule has 4 nitrogen and oxygen atoms in total. The summed E-state index contributed by atoms with van der Waals surface area (Å²) in [5.41, 5.74) is 0. The van der Waals surface area contributed by atoms with Gasteiger partial charge >= 0.3 is 5.97 Å². The molecule has 1 amide bonds. The fourth-order valence-corrected chi connectivity index (χ4v) is 3.97. The van der Waals surface area contributed by atoms with Crippen LogP contribution in [0.15, 0.2) is 22.4 Å². The number of carboxylic acids is 1. The molecule has 0 spiro atoms. The van der Waals surface area contributed by atoms with Gasteiger partial charge in [-0.15, -0.1) is 11.3 Å². The zero-order valence-corrected chi connectivity index (χ0v) is 13.2. The van der Waals surface area contributed by atoms with E-state index in [1.807, 2.05) is 24.4 Å². The van der Waals surface area contributed by atoms with Crippen LogP contribution in [0.25, 0.3) is 6.08 Å². The lowest BCUT2D eigenvalue weighted by Crippen LogP contribution is -2.43. The molecule has 0 bridgehead atoms. The summed E-state index contributed by atoms with van der Waals surface area (Å²) in [5.74, 6) is -1.32. The zero-order chi connectivity index (χ0) is 14.7. The van der Waals surface area contributed by atoms with Gasteiger partial charge in [-0.25, -0.2) is 4.79 Å². The quantitative estimate of drug-likeness (QED) is 0.665. The monoisotopic (exact) mass is 327 g/mol. The molecule has 0 radical (unpaired) electrons. The Morgan fingerprint density at radius 1 is 1.60 bits per heavy atom. The molecule has 1 aromatic heterocycles. The molecule has 2 rings (SSSR count). The minimum atomic E-state index is -1.01. The van der Waals surface area contributed by atoms with Crippen LogP contribution in [0, 0.1) is 0 Å². The number of carboxylic acid groups (broad SMARTS) is 1. The molecule has 1 aromatic rings. The number of rotatable bonds is 5. The summed E-state index contributed by atoms with van der Waals surface area (Å²) >= 11 is 7.85. The van der Waals surface area contributed by atoms with Gasteiger partial charge < -0.3 is 5.11 Å². The minimum Gasteiger partial charge on any atom is -0.480 e. The van der Waals surface area contributed by atoms with E-state index < -0.39 is 12.0 Å². The van der Waals surface area contributed by atoms with E-state index in [0.29, 0.717) is 22.1 Å². The molecule has 1 fully saturated rings. The third-order valence-electron chi connectivity index (χ3n) is 2.80. The van der Waals surface area contributed by atoms with Gasteiger partial charge in [0.15, 0.2) is 0 Å². The van der Waals surface area contributed by atoms with Gasteiger partial charge in [0.2, 0.25) is 0 Å². The maximum Gasteiger partial charge on any atom is 0.326 e. The minimum absolute atomic E-state index is 0.311. The molecule has 7 heteroatoms. The second-order valence-electron chi connectivity index (χ2n) is 4.21. The number of aliphatic carboxylic acids is 1. The number of amides is 1. The Morgan fingerprint density at radius 3 is 2.90 bits per heavy atom. The fraction of sp³-hybridized carbons (Fsp3) is 0.308. The largest absolute Gasteiger partial charge is 0.480 e. The summed E-state index contributed by atoms with van der Waals surface area (Å²) in [4.78, 5) is 26.3. The first-order valence-corrected chi connectivity index (χ1v) is 8.18. The molecule has 106 valence electrons. The van der Waals surface area contributed by atoms with Crippen molar-refractivity contribution in [2.75, 3.05) is 0 Å². The van der Waals surface area contributed by atoms with Crippen LogP contribution >= 0.6 is 35.3 Å². The molecule has 0 aliphatic carbocycles. The summed E-state index contributed by atoms with van der Waals surface area (Å²) in [5, 5.41) is 11.2. The predicted octanol–water partition coefficient (Wildman–Crippen LogP) is 3.20. The van der Waals surface area contributed by atoms with Crippen molar-refractivity contribution in [2.24, 2.45) is 0 Å². The second kappa shape index (κ2) is 6.51. The smallest absolute Gasteiger partial charge is 0.326 e. The van der Waals surface area contributed by atoms with E-state index in [0.717, 1.165) is 16.6 Å². The van der Waals surface area contributed by atoms with E-state index in [1.54, 1.807) is 6.08 Å². The number of thiophene rings is 1. The van der Waals surface area contributed by atoms with E-state index in [-0.39, 0.29) is 5.91 Å². The van der Waals surface area contributed by atoms with Crippen LogP contribution in [-0.2, 0) is 9.59 Å². The number of hydrogen-bond acceptors (Lipinski definition) is 5. The maximum atomic E-state index is 12.4. The third-order valence-corrected chi connectivity index (χ3v) is 4.95. The van der Waals surface area contributed by atoms with Crippen molar-refractivity contribution < 1.29 is 14.7 Å². The Kier molecular flexibility index (Phi) is 4.95. The number of nitrogens with zero attached hydrogens (tertiary/aromatic N) is 1. The first-order chi connectivity index (χ1) is 9.54. The number of carbonyl (C=O) groups excluding carboxylic acids is 1. The average Bonchev–Trinajstić information content (AvgIpc) is 2.98. The first-order valence-electron chi connectivity index (χ1n) is 6.08. The van der Waals surface area contributed by atoms with Gasteiger partial charge in [0.1, 0.15) is 10.4 Å². The molecule has 0 unspecified atom stereocenters. The highest BCUT2D eigenvalue weighted by Gasteiger charge is 2.39. The number of thiocarbonyl (C=S) groups is 1.